The topological polar surface area (TPSA) is 125 Å². The second kappa shape index (κ2) is 14.5. The van der Waals surface area contributed by atoms with Gasteiger partial charge in [-0.1, -0.05) is 41.6 Å². The highest BCUT2D eigenvalue weighted by Gasteiger charge is 2.24. The van der Waals surface area contributed by atoms with E-state index in [0.29, 0.717) is 58.3 Å². The highest BCUT2D eigenvalue weighted by molar-refractivity contribution is 5.90. The van der Waals surface area contributed by atoms with E-state index in [-0.39, 0.29) is 17.9 Å². The van der Waals surface area contributed by atoms with Crippen LogP contribution in [0.3, 0.4) is 0 Å². The third-order valence-corrected chi connectivity index (χ3v) is 7.22. The number of benzene rings is 2. The van der Waals surface area contributed by atoms with Gasteiger partial charge in [-0.3, -0.25) is 9.69 Å². The van der Waals surface area contributed by atoms with Crippen molar-refractivity contribution >= 4 is 17.6 Å². The zero-order valence-electron chi connectivity index (χ0n) is 23.1. The van der Waals surface area contributed by atoms with E-state index in [1.165, 1.54) is 5.69 Å². The second-order valence-electron chi connectivity index (χ2n) is 9.94. The Balaban J connectivity index is 1.04. The van der Waals surface area contributed by atoms with Crippen molar-refractivity contribution < 1.29 is 23.6 Å². The summed E-state index contributed by atoms with van der Waals surface area (Å²) >= 11 is 0. The van der Waals surface area contributed by atoms with Gasteiger partial charge in [0.15, 0.2) is 0 Å². The average Bonchev–Trinajstić information content (AvgIpc) is 3.51. The van der Waals surface area contributed by atoms with E-state index < -0.39 is 5.91 Å². The van der Waals surface area contributed by atoms with Gasteiger partial charge in [-0.05, 0) is 24.3 Å². The van der Waals surface area contributed by atoms with Crippen LogP contribution < -0.4 is 20.3 Å². The first kappa shape index (κ1) is 28.4. The number of hydrogen-bond acceptors (Lipinski definition) is 9. The van der Waals surface area contributed by atoms with Crippen LogP contribution in [0.1, 0.15) is 16.5 Å². The Labute approximate surface area is 239 Å². The van der Waals surface area contributed by atoms with Gasteiger partial charge in [-0.25, -0.2) is 4.79 Å². The maximum Gasteiger partial charge on any atom is 0.317 e. The Bertz CT molecular complexity index is 1230. The van der Waals surface area contributed by atoms with Crippen molar-refractivity contribution in [2.75, 3.05) is 77.1 Å². The molecular formula is C29H37N7O5. The highest BCUT2D eigenvalue weighted by atomic mass is 16.5. The Kier molecular flexibility index (Phi) is 10.0. The molecule has 0 spiro atoms. The van der Waals surface area contributed by atoms with E-state index in [1.807, 2.05) is 48.5 Å². The van der Waals surface area contributed by atoms with E-state index >= 15 is 0 Å². The molecule has 1 atom stereocenters. The summed E-state index contributed by atoms with van der Waals surface area (Å²) in [4.78, 5) is 35.9. The minimum Gasteiger partial charge on any atom is -0.492 e. The number of nitrogens with zero attached hydrogens (tertiary/aromatic N) is 5. The number of ether oxygens (including phenoxy) is 2. The van der Waals surface area contributed by atoms with Crippen molar-refractivity contribution in [3.05, 3.63) is 72.4 Å². The number of carbonyl (C=O) groups excluding carboxylic acids is 2. The van der Waals surface area contributed by atoms with Crippen LogP contribution in [0.25, 0.3) is 0 Å². The monoisotopic (exact) mass is 563 g/mol. The van der Waals surface area contributed by atoms with Crippen LogP contribution >= 0.6 is 0 Å². The second-order valence-corrected chi connectivity index (χ2v) is 9.94. The zero-order valence-corrected chi connectivity index (χ0v) is 23.1. The normalized spacial score (nSPS) is 16.7. The van der Waals surface area contributed by atoms with Crippen molar-refractivity contribution in [3.8, 4) is 5.75 Å². The van der Waals surface area contributed by atoms with Gasteiger partial charge in [0.25, 0.3) is 11.7 Å². The molecular weight excluding hydrogens is 526 g/mol. The summed E-state index contributed by atoms with van der Waals surface area (Å²) in [6, 6.07) is 19.6. The van der Waals surface area contributed by atoms with Crippen molar-refractivity contribution in [2.45, 2.75) is 12.5 Å². The first-order chi connectivity index (χ1) is 20.2. The lowest BCUT2D eigenvalue weighted by atomic mass is 10.2. The number of urea groups is 1. The van der Waals surface area contributed by atoms with Crippen molar-refractivity contribution in [1.29, 1.82) is 0 Å². The van der Waals surface area contributed by atoms with E-state index in [1.54, 1.807) is 4.90 Å². The van der Waals surface area contributed by atoms with E-state index in [0.717, 1.165) is 31.9 Å². The fourth-order valence-corrected chi connectivity index (χ4v) is 4.88. The third-order valence-electron chi connectivity index (χ3n) is 7.22. The lowest BCUT2D eigenvalue weighted by Crippen LogP contribution is -2.52. The molecule has 218 valence electrons. The van der Waals surface area contributed by atoms with Crippen LogP contribution in [0.15, 0.2) is 65.2 Å². The average molecular weight is 564 g/mol. The number of morpholine rings is 1. The molecule has 0 saturated carbocycles. The zero-order chi connectivity index (χ0) is 28.3. The molecule has 3 heterocycles. The van der Waals surface area contributed by atoms with Crippen LogP contribution in [-0.2, 0) is 11.2 Å². The van der Waals surface area contributed by atoms with Gasteiger partial charge in [0, 0.05) is 64.5 Å². The van der Waals surface area contributed by atoms with Crippen molar-refractivity contribution in [3.63, 3.8) is 0 Å². The molecule has 1 aromatic heterocycles. The Morgan fingerprint density at radius 2 is 1.61 bits per heavy atom. The number of amides is 3. The van der Waals surface area contributed by atoms with Crippen LogP contribution in [0, 0.1) is 0 Å². The lowest BCUT2D eigenvalue weighted by molar-refractivity contribution is 0.00641. The van der Waals surface area contributed by atoms with E-state index in [4.69, 9.17) is 14.0 Å². The van der Waals surface area contributed by atoms with Crippen molar-refractivity contribution in [1.82, 2.24) is 30.6 Å². The number of nitrogens with one attached hydrogen (secondary N) is 2. The highest BCUT2D eigenvalue weighted by Crippen LogP contribution is 2.15. The third kappa shape index (κ3) is 8.18. The Hall–Kier alpha value is -4.16. The maximum atomic E-state index is 12.8. The molecule has 12 nitrogen and oxygen atoms in total. The smallest absolute Gasteiger partial charge is 0.317 e. The van der Waals surface area contributed by atoms with Gasteiger partial charge in [0.05, 0.1) is 19.3 Å². The number of rotatable bonds is 11. The molecule has 12 heteroatoms. The quantitative estimate of drug-likeness (QED) is 0.358. The van der Waals surface area contributed by atoms with Gasteiger partial charge < -0.3 is 34.4 Å². The largest absolute Gasteiger partial charge is 0.492 e. The molecule has 2 N–H and O–H groups in total. The van der Waals surface area contributed by atoms with Gasteiger partial charge in [0.1, 0.15) is 12.4 Å². The number of aromatic nitrogens is 2. The van der Waals surface area contributed by atoms with Gasteiger partial charge in [-0.15, -0.1) is 0 Å². The lowest BCUT2D eigenvalue weighted by Gasteiger charge is -2.36. The van der Waals surface area contributed by atoms with Crippen molar-refractivity contribution in [2.24, 2.45) is 0 Å². The predicted octanol–water partition coefficient (Wildman–Crippen LogP) is 1.65. The van der Waals surface area contributed by atoms with Crippen LogP contribution in [-0.4, -0.2) is 110 Å². The molecule has 5 rings (SSSR count). The predicted molar refractivity (Wildman–Crippen MR) is 152 cm³/mol. The maximum absolute atomic E-state index is 12.8. The number of anilines is 1. The number of para-hydroxylation sites is 2. The molecule has 3 aromatic rings. The van der Waals surface area contributed by atoms with Crippen LogP contribution in [0.4, 0.5) is 10.5 Å². The first-order valence-electron chi connectivity index (χ1n) is 14.1. The molecule has 0 aliphatic carbocycles. The molecule has 1 unspecified atom stereocenters. The summed E-state index contributed by atoms with van der Waals surface area (Å²) < 4.78 is 16.7. The molecule has 2 aliphatic heterocycles. The molecule has 41 heavy (non-hydrogen) atoms. The minimum absolute atomic E-state index is 0.0342. The molecule has 0 bridgehead atoms. The summed E-state index contributed by atoms with van der Waals surface area (Å²) in [5.74, 6) is 0.620. The fraction of sp³-hybridized carbons (Fsp3) is 0.448. The first-order valence-corrected chi connectivity index (χ1v) is 14.1. The molecule has 0 radical (unpaired) electrons. The Morgan fingerprint density at radius 3 is 2.34 bits per heavy atom. The number of hydrogen-bond donors (Lipinski definition) is 2. The fourth-order valence-electron chi connectivity index (χ4n) is 4.88. The summed E-state index contributed by atoms with van der Waals surface area (Å²) in [7, 11) is 0. The van der Waals surface area contributed by atoms with Gasteiger partial charge in [0.2, 0.25) is 5.89 Å². The Morgan fingerprint density at radius 1 is 0.902 bits per heavy atom. The molecule has 2 fully saturated rings. The summed E-state index contributed by atoms with van der Waals surface area (Å²) in [5.41, 5.74) is 1.17. The van der Waals surface area contributed by atoms with Crippen LogP contribution in [0.5, 0.6) is 5.75 Å². The van der Waals surface area contributed by atoms with Crippen LogP contribution in [0.2, 0.25) is 0 Å². The SMILES string of the molecule is O=C(NCC(COc1ccccc1)N1CCOCC1)c1noc(CCNC(=O)N2CCN(c3ccccc3)CC2)n1. The van der Waals surface area contributed by atoms with E-state index in [9.17, 15) is 9.59 Å². The van der Waals surface area contributed by atoms with Gasteiger partial charge >= 0.3 is 6.03 Å². The number of carbonyl (C=O) groups is 2. The molecule has 2 aliphatic rings. The molecule has 2 aromatic carbocycles. The summed E-state index contributed by atoms with van der Waals surface area (Å²) in [6.07, 6.45) is 0.331. The summed E-state index contributed by atoms with van der Waals surface area (Å²) in [6.45, 7) is 6.78. The molecule has 2 saturated heterocycles. The number of piperazine rings is 1. The minimum atomic E-state index is -0.418. The van der Waals surface area contributed by atoms with E-state index in [2.05, 4.69) is 42.7 Å². The van der Waals surface area contributed by atoms with Gasteiger partial charge in [-0.2, -0.15) is 4.98 Å². The standard InChI is InChI=1S/C29H37N7O5/c37-28(31-21-24(35-17-19-39-20-18-35)22-40-25-9-5-2-6-10-25)27-32-26(41-33-27)11-12-30-29(38)36-15-13-34(14-16-36)23-7-3-1-4-8-23/h1-10,24H,11-22H2,(H,30,38)(H,31,37). The summed E-state index contributed by atoms with van der Waals surface area (Å²) in [5, 5.41) is 9.65. The molecule has 3 amide bonds.